The molecule has 0 aliphatic carbocycles. The van der Waals surface area contributed by atoms with Gasteiger partial charge in [-0.15, -0.1) is 0 Å². The van der Waals surface area contributed by atoms with Gasteiger partial charge >= 0.3 is 35.8 Å². The van der Waals surface area contributed by atoms with E-state index < -0.39 is 73.4 Å². The molecular formula is C30H38O12. The summed E-state index contributed by atoms with van der Waals surface area (Å²) in [5, 5.41) is 0. The minimum absolute atomic E-state index is 0.675. The maximum absolute atomic E-state index is 12.7. The van der Waals surface area contributed by atoms with Crippen LogP contribution in [0.3, 0.4) is 0 Å². The molecule has 0 amide bonds. The molecule has 0 heterocycles. The summed E-state index contributed by atoms with van der Waals surface area (Å²) in [6.07, 6.45) is 7.92. The standard InChI is InChI=1S/C30H38O12/c1-7-13-23(31)37-19-21(39-25(33)15-9-3)29(41-27(35)17-11-5)30(42-28(36)18-12-6)22(40-26(34)16-10-4)20-38-24(32)14-8-2/h7-18,21-22,29-30H,19-20H2,1-6H3/b13-7-,14-8-,15-9-,16-10-,17-11-,18-12-/t21-,22+,29-,30-/m1/s1. The van der Waals surface area contributed by atoms with Crippen LogP contribution in [0.2, 0.25) is 0 Å². The Labute approximate surface area is 245 Å². The zero-order valence-electron chi connectivity index (χ0n) is 24.6. The molecule has 0 aliphatic heterocycles. The molecule has 0 saturated carbocycles. The number of hydrogen-bond acceptors (Lipinski definition) is 12. The summed E-state index contributed by atoms with van der Waals surface area (Å²) in [5.74, 6) is -5.41. The largest absolute Gasteiger partial charge is 0.458 e. The monoisotopic (exact) mass is 590 g/mol. The molecule has 42 heavy (non-hydrogen) atoms. The number of ether oxygens (including phenoxy) is 6. The van der Waals surface area contributed by atoms with Gasteiger partial charge in [0.2, 0.25) is 0 Å². The number of allylic oxidation sites excluding steroid dienone is 6. The van der Waals surface area contributed by atoms with Crippen molar-refractivity contribution in [2.45, 2.75) is 66.0 Å². The molecule has 12 heteroatoms. The smallest absolute Gasteiger partial charge is 0.330 e. The van der Waals surface area contributed by atoms with Crippen molar-refractivity contribution in [2.75, 3.05) is 13.2 Å². The van der Waals surface area contributed by atoms with Gasteiger partial charge in [0.25, 0.3) is 0 Å². The van der Waals surface area contributed by atoms with E-state index in [2.05, 4.69) is 0 Å². The zero-order chi connectivity index (χ0) is 31.9. The topological polar surface area (TPSA) is 158 Å². The lowest BCUT2D eigenvalue weighted by molar-refractivity contribution is -0.202. The van der Waals surface area contributed by atoms with Crippen molar-refractivity contribution >= 4 is 35.8 Å². The summed E-state index contributed by atoms with van der Waals surface area (Å²) < 4.78 is 32.3. The van der Waals surface area contributed by atoms with E-state index in [0.29, 0.717) is 0 Å². The first kappa shape index (κ1) is 37.3. The molecule has 0 unspecified atom stereocenters. The third-order valence-corrected chi connectivity index (χ3v) is 4.69. The van der Waals surface area contributed by atoms with Crippen LogP contribution in [0.5, 0.6) is 0 Å². The molecule has 0 spiro atoms. The van der Waals surface area contributed by atoms with Crippen LogP contribution in [0, 0.1) is 0 Å². The fourth-order valence-corrected chi connectivity index (χ4v) is 3.07. The molecule has 230 valence electrons. The predicted octanol–water partition coefficient (Wildman–Crippen LogP) is 3.18. The van der Waals surface area contributed by atoms with E-state index in [1.807, 2.05) is 0 Å². The Morgan fingerprint density at radius 2 is 0.643 bits per heavy atom. The van der Waals surface area contributed by atoms with Gasteiger partial charge in [0.15, 0.2) is 24.4 Å². The van der Waals surface area contributed by atoms with Gasteiger partial charge in [0, 0.05) is 36.5 Å². The summed E-state index contributed by atoms with van der Waals surface area (Å²) >= 11 is 0. The molecule has 0 radical (unpaired) electrons. The summed E-state index contributed by atoms with van der Waals surface area (Å²) in [7, 11) is 0. The minimum atomic E-state index is -1.75. The Bertz CT molecular complexity index is 1010. The lowest BCUT2D eigenvalue weighted by atomic mass is 10.0. The second-order valence-electron chi connectivity index (χ2n) is 8.01. The van der Waals surface area contributed by atoms with Crippen LogP contribution >= 0.6 is 0 Å². The Balaban J connectivity index is 7.10. The fourth-order valence-electron chi connectivity index (χ4n) is 3.07. The van der Waals surface area contributed by atoms with Crippen LogP contribution in [-0.4, -0.2) is 73.4 Å². The minimum Gasteiger partial charge on any atom is -0.458 e. The number of esters is 6. The Morgan fingerprint density at radius 1 is 0.405 bits per heavy atom. The van der Waals surface area contributed by atoms with Crippen molar-refractivity contribution in [1.29, 1.82) is 0 Å². The molecule has 12 nitrogen and oxygen atoms in total. The van der Waals surface area contributed by atoms with E-state index in [-0.39, 0.29) is 0 Å². The van der Waals surface area contributed by atoms with Crippen molar-refractivity contribution in [2.24, 2.45) is 0 Å². The van der Waals surface area contributed by atoms with E-state index in [4.69, 9.17) is 28.4 Å². The summed E-state index contributed by atoms with van der Waals surface area (Å²) in [6, 6.07) is 0. The maximum Gasteiger partial charge on any atom is 0.330 e. The normalized spacial score (nSPS) is 14.7. The molecule has 0 N–H and O–H groups in total. The van der Waals surface area contributed by atoms with Crippen molar-refractivity contribution < 1.29 is 57.2 Å². The van der Waals surface area contributed by atoms with E-state index in [9.17, 15) is 28.8 Å². The summed E-state index contributed by atoms with van der Waals surface area (Å²) in [4.78, 5) is 74.6. The number of carbonyl (C=O) groups excluding carboxylic acids is 6. The van der Waals surface area contributed by atoms with Crippen LogP contribution in [-0.2, 0) is 57.2 Å². The van der Waals surface area contributed by atoms with Crippen molar-refractivity contribution in [3.8, 4) is 0 Å². The third-order valence-electron chi connectivity index (χ3n) is 4.69. The Kier molecular flexibility index (Phi) is 19.5. The Morgan fingerprint density at radius 3 is 0.905 bits per heavy atom. The number of carbonyl (C=O) groups is 6. The van der Waals surface area contributed by atoms with Crippen LogP contribution in [0.1, 0.15) is 41.5 Å². The quantitative estimate of drug-likeness (QED) is 0.139. The van der Waals surface area contributed by atoms with E-state index in [1.54, 1.807) is 27.7 Å². The Hall–Kier alpha value is -4.74. The first-order chi connectivity index (χ1) is 20.1. The van der Waals surface area contributed by atoms with Crippen LogP contribution in [0.4, 0.5) is 0 Å². The first-order valence-corrected chi connectivity index (χ1v) is 13.0. The molecule has 0 aromatic heterocycles. The molecular weight excluding hydrogens is 552 g/mol. The average molecular weight is 591 g/mol. The highest BCUT2D eigenvalue weighted by atomic mass is 16.6. The van der Waals surface area contributed by atoms with Crippen molar-refractivity contribution in [3.05, 3.63) is 72.9 Å². The fraction of sp³-hybridized carbons (Fsp3) is 0.400. The van der Waals surface area contributed by atoms with Gasteiger partial charge < -0.3 is 28.4 Å². The van der Waals surface area contributed by atoms with Gasteiger partial charge in [-0.25, -0.2) is 28.8 Å². The van der Waals surface area contributed by atoms with E-state index in [1.165, 1.54) is 50.3 Å². The molecule has 0 bridgehead atoms. The SMILES string of the molecule is C/C=C\C(=O)OC[C@H](OC(=O)/C=C\C)[C@@H](OC(=O)/C=C\C)[C@H](OC(=O)/C=C\C)[C@@H](COC(=O)/C=C\C)OC(=O)/C=C\C. The van der Waals surface area contributed by atoms with Crippen LogP contribution < -0.4 is 0 Å². The molecule has 0 aliphatic rings. The van der Waals surface area contributed by atoms with E-state index >= 15 is 0 Å². The highest BCUT2D eigenvalue weighted by Crippen LogP contribution is 2.21. The zero-order valence-corrected chi connectivity index (χ0v) is 24.6. The van der Waals surface area contributed by atoms with Gasteiger partial charge in [-0.2, -0.15) is 0 Å². The molecule has 0 fully saturated rings. The van der Waals surface area contributed by atoms with Crippen molar-refractivity contribution in [1.82, 2.24) is 0 Å². The van der Waals surface area contributed by atoms with Crippen LogP contribution in [0.15, 0.2) is 72.9 Å². The lowest BCUT2D eigenvalue weighted by Gasteiger charge is -2.35. The van der Waals surface area contributed by atoms with Gasteiger partial charge in [-0.05, 0) is 41.5 Å². The third kappa shape index (κ3) is 15.8. The van der Waals surface area contributed by atoms with E-state index in [0.717, 1.165) is 36.5 Å². The van der Waals surface area contributed by atoms with Gasteiger partial charge in [0.1, 0.15) is 13.2 Å². The summed E-state index contributed by atoms with van der Waals surface area (Å²) in [5.41, 5.74) is 0. The molecule has 4 atom stereocenters. The second-order valence-corrected chi connectivity index (χ2v) is 8.01. The molecule has 0 saturated heterocycles. The predicted molar refractivity (Wildman–Crippen MR) is 150 cm³/mol. The lowest BCUT2D eigenvalue weighted by Crippen LogP contribution is -2.54. The number of rotatable bonds is 17. The number of hydrogen-bond donors (Lipinski definition) is 0. The molecule has 0 aromatic rings. The highest BCUT2D eigenvalue weighted by molar-refractivity contribution is 5.85. The maximum atomic E-state index is 12.7. The van der Waals surface area contributed by atoms with Gasteiger partial charge in [0.05, 0.1) is 0 Å². The van der Waals surface area contributed by atoms with Crippen molar-refractivity contribution in [3.63, 3.8) is 0 Å². The summed E-state index contributed by atoms with van der Waals surface area (Å²) in [6.45, 7) is 7.95. The average Bonchev–Trinajstić information content (AvgIpc) is 2.92. The highest BCUT2D eigenvalue weighted by Gasteiger charge is 2.45. The second kappa shape index (κ2) is 22.0. The first-order valence-electron chi connectivity index (χ1n) is 13.0. The molecule has 0 aromatic carbocycles. The van der Waals surface area contributed by atoms with Gasteiger partial charge in [-0.3, -0.25) is 0 Å². The van der Waals surface area contributed by atoms with Crippen LogP contribution in [0.25, 0.3) is 0 Å². The van der Waals surface area contributed by atoms with Gasteiger partial charge in [-0.1, -0.05) is 36.5 Å². The molecule has 0 rings (SSSR count).